The maximum Gasteiger partial charge on any atom is 0.224 e. The summed E-state index contributed by atoms with van der Waals surface area (Å²) >= 11 is 7.62. The monoisotopic (exact) mass is 277 g/mol. The van der Waals surface area contributed by atoms with Gasteiger partial charge in [-0.3, -0.25) is 4.79 Å². The molecule has 2 atom stereocenters. The summed E-state index contributed by atoms with van der Waals surface area (Å²) < 4.78 is 5.64. The van der Waals surface area contributed by atoms with Crippen molar-refractivity contribution in [1.82, 2.24) is 4.90 Å². The van der Waals surface area contributed by atoms with Gasteiger partial charge in [0.2, 0.25) is 5.91 Å². The summed E-state index contributed by atoms with van der Waals surface area (Å²) in [5, 5.41) is 0. The van der Waals surface area contributed by atoms with Gasteiger partial charge in [0.15, 0.2) is 0 Å². The summed E-state index contributed by atoms with van der Waals surface area (Å²) in [5.74, 6) is 2.85. The molecule has 0 N–H and O–H groups in total. The normalized spacial score (nSPS) is 28.5. The number of hydrogen-bond acceptors (Lipinski definition) is 3. The lowest BCUT2D eigenvalue weighted by Crippen LogP contribution is -2.44. The molecule has 98 valence electrons. The Kier molecular flexibility index (Phi) is 5.45. The maximum atomic E-state index is 12.1. The Hall–Kier alpha value is 0.0700. The molecule has 17 heavy (non-hydrogen) atoms. The van der Waals surface area contributed by atoms with Crippen LogP contribution in [0.5, 0.6) is 0 Å². The summed E-state index contributed by atoms with van der Waals surface area (Å²) in [6.07, 6.45) is 4.03. The van der Waals surface area contributed by atoms with E-state index in [4.69, 9.17) is 16.3 Å². The average molecular weight is 278 g/mol. The Bertz CT molecular complexity index is 253. The van der Waals surface area contributed by atoms with Crippen LogP contribution in [0.15, 0.2) is 0 Å². The van der Waals surface area contributed by atoms with Crippen molar-refractivity contribution in [2.24, 2.45) is 0 Å². The third-order valence-electron chi connectivity index (χ3n) is 3.40. The van der Waals surface area contributed by atoms with Gasteiger partial charge >= 0.3 is 0 Å². The smallest absolute Gasteiger partial charge is 0.224 e. The first kappa shape index (κ1) is 13.5. The molecule has 0 aliphatic carbocycles. The van der Waals surface area contributed by atoms with Crippen molar-refractivity contribution in [3.63, 3.8) is 0 Å². The number of ether oxygens (including phenoxy) is 1. The molecule has 2 rings (SSSR count). The number of hydrogen-bond donors (Lipinski definition) is 0. The van der Waals surface area contributed by atoms with Gasteiger partial charge in [0.25, 0.3) is 0 Å². The lowest BCUT2D eigenvalue weighted by molar-refractivity contribution is -0.134. The number of thioether (sulfide) groups is 1. The van der Waals surface area contributed by atoms with Gasteiger partial charge in [-0.05, 0) is 25.0 Å². The van der Waals surface area contributed by atoms with E-state index in [2.05, 4.69) is 0 Å². The van der Waals surface area contributed by atoms with Crippen molar-refractivity contribution in [1.29, 1.82) is 0 Å². The second-order valence-electron chi connectivity index (χ2n) is 4.64. The number of nitrogens with zero attached hydrogens (tertiary/aromatic N) is 1. The van der Waals surface area contributed by atoms with Crippen molar-refractivity contribution in [3.8, 4) is 0 Å². The second kappa shape index (κ2) is 6.86. The molecule has 0 aromatic rings. The van der Waals surface area contributed by atoms with Crippen LogP contribution in [0.4, 0.5) is 0 Å². The zero-order chi connectivity index (χ0) is 12.1. The highest BCUT2D eigenvalue weighted by Gasteiger charge is 2.30. The topological polar surface area (TPSA) is 29.5 Å². The molecule has 2 fully saturated rings. The zero-order valence-corrected chi connectivity index (χ0v) is 11.6. The molecule has 2 heterocycles. The van der Waals surface area contributed by atoms with Gasteiger partial charge in [-0.25, -0.2) is 0 Å². The van der Waals surface area contributed by atoms with Crippen LogP contribution >= 0.6 is 23.4 Å². The SMILES string of the molecule is O=C(CCCl)N(CC1CCCO1)C1CCSC1. The minimum absolute atomic E-state index is 0.197. The number of carbonyl (C=O) groups excluding carboxylic acids is 1. The standard InChI is InChI=1S/C12H20ClNO2S/c13-5-3-12(15)14(10-4-7-17-9-10)8-11-2-1-6-16-11/h10-11H,1-9H2. The minimum Gasteiger partial charge on any atom is -0.376 e. The minimum atomic E-state index is 0.197. The molecule has 2 unspecified atom stereocenters. The molecule has 2 aliphatic rings. The Morgan fingerprint density at radius 1 is 1.47 bits per heavy atom. The van der Waals surface area contributed by atoms with E-state index in [-0.39, 0.29) is 12.0 Å². The van der Waals surface area contributed by atoms with Crippen molar-refractivity contribution < 1.29 is 9.53 Å². The molecular weight excluding hydrogens is 258 g/mol. The molecule has 0 spiro atoms. The Labute approximate surface area is 112 Å². The van der Waals surface area contributed by atoms with Crippen LogP contribution in [0.2, 0.25) is 0 Å². The van der Waals surface area contributed by atoms with Gasteiger partial charge in [-0.1, -0.05) is 0 Å². The van der Waals surface area contributed by atoms with E-state index < -0.39 is 0 Å². The largest absolute Gasteiger partial charge is 0.376 e. The fourth-order valence-corrected chi connectivity index (χ4v) is 3.84. The van der Waals surface area contributed by atoms with Crippen LogP contribution in [0.3, 0.4) is 0 Å². The van der Waals surface area contributed by atoms with Gasteiger partial charge in [0.1, 0.15) is 0 Å². The van der Waals surface area contributed by atoms with Crippen molar-refractivity contribution in [3.05, 3.63) is 0 Å². The number of carbonyl (C=O) groups is 1. The lowest BCUT2D eigenvalue weighted by atomic mass is 10.1. The van der Waals surface area contributed by atoms with Crippen LogP contribution in [0.1, 0.15) is 25.7 Å². The summed E-state index contributed by atoms with van der Waals surface area (Å²) in [6, 6.07) is 0.403. The number of rotatable bonds is 5. The fraction of sp³-hybridized carbons (Fsp3) is 0.917. The van der Waals surface area contributed by atoms with Crippen LogP contribution in [0, 0.1) is 0 Å². The molecule has 0 radical (unpaired) electrons. The summed E-state index contributed by atoms with van der Waals surface area (Å²) in [7, 11) is 0. The van der Waals surface area contributed by atoms with Crippen molar-refractivity contribution in [2.45, 2.75) is 37.8 Å². The first-order valence-electron chi connectivity index (χ1n) is 6.36. The highest BCUT2D eigenvalue weighted by Crippen LogP contribution is 2.25. The molecule has 0 bridgehead atoms. The van der Waals surface area contributed by atoms with E-state index in [0.29, 0.717) is 18.3 Å². The number of halogens is 1. The van der Waals surface area contributed by atoms with Gasteiger partial charge < -0.3 is 9.64 Å². The maximum absolute atomic E-state index is 12.1. The predicted molar refractivity (Wildman–Crippen MR) is 71.8 cm³/mol. The quantitative estimate of drug-likeness (QED) is 0.721. The highest BCUT2D eigenvalue weighted by molar-refractivity contribution is 7.99. The van der Waals surface area contributed by atoms with E-state index in [1.807, 2.05) is 16.7 Å². The van der Waals surface area contributed by atoms with E-state index in [1.165, 1.54) is 5.75 Å². The summed E-state index contributed by atoms with van der Waals surface area (Å²) in [4.78, 5) is 14.1. The second-order valence-corrected chi connectivity index (χ2v) is 6.17. The molecule has 1 amide bonds. The van der Waals surface area contributed by atoms with Crippen LogP contribution in [0.25, 0.3) is 0 Å². The molecular formula is C12H20ClNO2S. The van der Waals surface area contributed by atoms with Crippen molar-refractivity contribution >= 4 is 29.3 Å². The predicted octanol–water partition coefficient (Wildman–Crippen LogP) is 2.13. The summed E-state index contributed by atoms with van der Waals surface area (Å²) in [6.45, 7) is 1.61. The third-order valence-corrected chi connectivity index (χ3v) is 4.73. The van der Waals surface area contributed by atoms with Crippen LogP contribution in [-0.4, -0.2) is 53.5 Å². The Balaban J connectivity index is 1.92. The average Bonchev–Trinajstić information content (AvgIpc) is 2.99. The molecule has 2 saturated heterocycles. The Morgan fingerprint density at radius 3 is 2.94 bits per heavy atom. The van der Waals surface area contributed by atoms with E-state index in [1.54, 1.807) is 0 Å². The van der Waals surface area contributed by atoms with Gasteiger partial charge in [0.05, 0.1) is 6.10 Å². The van der Waals surface area contributed by atoms with E-state index >= 15 is 0 Å². The third kappa shape index (κ3) is 3.76. The van der Waals surface area contributed by atoms with E-state index in [9.17, 15) is 4.79 Å². The van der Waals surface area contributed by atoms with Gasteiger partial charge in [0, 0.05) is 37.2 Å². The van der Waals surface area contributed by atoms with Crippen LogP contribution < -0.4 is 0 Å². The van der Waals surface area contributed by atoms with Gasteiger partial charge in [-0.2, -0.15) is 11.8 Å². The highest BCUT2D eigenvalue weighted by atomic mass is 35.5. The molecule has 0 saturated carbocycles. The Morgan fingerprint density at radius 2 is 2.35 bits per heavy atom. The van der Waals surface area contributed by atoms with Crippen molar-refractivity contribution in [2.75, 3.05) is 30.5 Å². The first-order chi connectivity index (χ1) is 8.31. The molecule has 3 nitrogen and oxygen atoms in total. The van der Waals surface area contributed by atoms with E-state index in [0.717, 1.165) is 38.2 Å². The lowest BCUT2D eigenvalue weighted by Gasteiger charge is -2.30. The summed E-state index contributed by atoms with van der Waals surface area (Å²) in [5.41, 5.74) is 0. The molecule has 2 aliphatic heterocycles. The number of amides is 1. The fourth-order valence-electron chi connectivity index (χ4n) is 2.45. The first-order valence-corrected chi connectivity index (χ1v) is 8.05. The number of alkyl halides is 1. The zero-order valence-electron chi connectivity index (χ0n) is 10.1. The molecule has 0 aromatic heterocycles. The van der Waals surface area contributed by atoms with Gasteiger partial charge in [-0.15, -0.1) is 11.6 Å². The molecule has 0 aromatic carbocycles. The van der Waals surface area contributed by atoms with Crippen LogP contribution in [-0.2, 0) is 9.53 Å². The molecule has 5 heteroatoms.